The van der Waals surface area contributed by atoms with Gasteiger partial charge in [0.2, 0.25) is 0 Å². The number of fused-ring (bicyclic) bond motifs is 2. The van der Waals surface area contributed by atoms with Gasteiger partial charge in [-0.1, -0.05) is 18.2 Å². The molecule has 2 aliphatic heterocycles. The van der Waals surface area contributed by atoms with E-state index in [0.717, 1.165) is 34.8 Å². The van der Waals surface area contributed by atoms with E-state index in [1.54, 1.807) is 35.6 Å². The zero-order valence-corrected chi connectivity index (χ0v) is 21.8. The molecule has 4 heterocycles. The summed E-state index contributed by atoms with van der Waals surface area (Å²) < 4.78 is 15.8. The number of halogens is 1. The van der Waals surface area contributed by atoms with Gasteiger partial charge in [-0.25, -0.2) is 14.2 Å². The number of nitrogens with zero attached hydrogens (tertiary/aromatic N) is 1. The highest BCUT2D eigenvalue weighted by Gasteiger charge is 2.34. The van der Waals surface area contributed by atoms with Crippen molar-refractivity contribution in [3.05, 3.63) is 51.7 Å². The first-order valence-electron chi connectivity index (χ1n) is 12.5. The van der Waals surface area contributed by atoms with Crippen LogP contribution in [0.2, 0.25) is 0 Å². The van der Waals surface area contributed by atoms with Crippen molar-refractivity contribution in [2.45, 2.75) is 50.7 Å². The van der Waals surface area contributed by atoms with Gasteiger partial charge in [-0.15, -0.1) is 22.7 Å². The predicted octanol–water partition coefficient (Wildman–Crippen LogP) is 5.22. The van der Waals surface area contributed by atoms with Crippen LogP contribution in [0, 0.1) is 5.92 Å². The van der Waals surface area contributed by atoms with Crippen LogP contribution >= 0.6 is 22.7 Å². The summed E-state index contributed by atoms with van der Waals surface area (Å²) in [5.41, 5.74) is 0.268. The molecule has 0 aliphatic carbocycles. The number of carbonyl (C=O) groups excluding carboxylic acids is 2. The number of ketones is 1. The van der Waals surface area contributed by atoms with Crippen LogP contribution in [0.1, 0.15) is 58.4 Å². The molecule has 1 fully saturated rings. The Morgan fingerprint density at radius 1 is 1.16 bits per heavy atom. The Morgan fingerprint density at radius 2 is 1.95 bits per heavy atom. The molecule has 2 atom stereocenters. The molecule has 3 N–H and O–H groups in total. The summed E-state index contributed by atoms with van der Waals surface area (Å²) >= 11 is 3.15. The van der Waals surface area contributed by atoms with E-state index in [4.69, 9.17) is 0 Å². The Labute approximate surface area is 221 Å². The lowest BCUT2D eigenvalue weighted by Gasteiger charge is -2.22. The number of amides is 1. The highest BCUT2D eigenvalue weighted by atomic mass is 32.2. The zero-order valence-electron chi connectivity index (χ0n) is 20.2. The summed E-state index contributed by atoms with van der Waals surface area (Å²) in [6.45, 7) is 2.20. The molecule has 194 valence electrons. The number of carbonyl (C=O) groups is 3. The molecule has 0 radical (unpaired) electrons. The average Bonchev–Trinajstić information content (AvgIpc) is 3.57. The molecular formula is C27H28FN3O4S2. The van der Waals surface area contributed by atoms with E-state index in [9.17, 15) is 23.9 Å². The number of Topliss-reactive ketones (excluding diaryl/α,β-unsaturated/α-hetero) is 1. The third kappa shape index (κ3) is 5.81. The Balaban J connectivity index is 1.16. The molecule has 0 spiro atoms. The van der Waals surface area contributed by atoms with Gasteiger partial charge in [0, 0.05) is 22.2 Å². The minimum Gasteiger partial charge on any atom is -0.480 e. The van der Waals surface area contributed by atoms with E-state index in [1.165, 1.54) is 35.5 Å². The van der Waals surface area contributed by atoms with Gasteiger partial charge < -0.3 is 15.7 Å². The van der Waals surface area contributed by atoms with Gasteiger partial charge >= 0.3 is 5.97 Å². The smallest absolute Gasteiger partial charge is 0.326 e. The molecule has 1 unspecified atom stereocenters. The number of rotatable bonds is 10. The van der Waals surface area contributed by atoms with Crippen LogP contribution in [-0.2, 0) is 16.0 Å². The summed E-state index contributed by atoms with van der Waals surface area (Å²) in [4.78, 5) is 43.1. The number of aryl methyl sites for hydroxylation is 1. The van der Waals surface area contributed by atoms with Crippen molar-refractivity contribution in [3.63, 3.8) is 0 Å². The summed E-state index contributed by atoms with van der Waals surface area (Å²) in [6, 6.07) is 9.18. The number of nitrogens with one attached hydrogen (secondary N) is 2. The first-order valence-corrected chi connectivity index (χ1v) is 14.1. The fourth-order valence-electron chi connectivity index (χ4n) is 4.86. The number of carboxylic acid groups (broad SMARTS) is 1. The summed E-state index contributed by atoms with van der Waals surface area (Å²) in [7, 11) is 0. The number of aliphatic carboxylic acids is 1. The van der Waals surface area contributed by atoms with Gasteiger partial charge in [0.25, 0.3) is 5.91 Å². The van der Waals surface area contributed by atoms with Crippen molar-refractivity contribution < 1.29 is 23.9 Å². The maximum atomic E-state index is 14.7. The number of thiophene rings is 2. The molecule has 1 amide bonds. The number of carboxylic acids is 1. The lowest BCUT2D eigenvalue weighted by atomic mass is 9.93. The molecule has 1 aromatic carbocycles. The van der Waals surface area contributed by atoms with Crippen molar-refractivity contribution in [1.29, 1.82) is 0 Å². The zero-order chi connectivity index (χ0) is 25.9. The summed E-state index contributed by atoms with van der Waals surface area (Å²) in [5, 5.41) is 16.4. The highest BCUT2D eigenvalue weighted by Crippen LogP contribution is 2.37. The number of benzene rings is 1. The van der Waals surface area contributed by atoms with E-state index in [0.29, 0.717) is 10.6 Å². The van der Waals surface area contributed by atoms with Crippen molar-refractivity contribution in [2.24, 2.45) is 10.9 Å². The molecule has 0 bridgehead atoms. The Morgan fingerprint density at radius 3 is 2.68 bits per heavy atom. The Kier molecular flexibility index (Phi) is 7.78. The summed E-state index contributed by atoms with van der Waals surface area (Å²) in [5.74, 6) is -1.55. The second-order valence-electron chi connectivity index (χ2n) is 9.54. The lowest BCUT2D eigenvalue weighted by Crippen LogP contribution is -2.44. The molecular weight excluding hydrogens is 513 g/mol. The standard InChI is InChI=1S/C27H28FN3O4S2/c28-23-18-3-1-2-4-19(18)30-24(23)25(33)31-20(26(34)35)7-8-21(32)22-14-16-13-17(36-27(16)37-22)6-5-15-9-11-29-12-10-15/h1-4,13-15,20,23,29H,5-12H2,(H,31,33)(H,34,35)/t20-,23?/m0/s1. The van der Waals surface area contributed by atoms with Gasteiger partial charge in [-0.2, -0.15) is 0 Å². The maximum absolute atomic E-state index is 14.7. The van der Waals surface area contributed by atoms with E-state index in [1.807, 2.05) is 6.07 Å². The molecule has 1 saturated heterocycles. The minimum atomic E-state index is -1.71. The topological polar surface area (TPSA) is 108 Å². The second kappa shape index (κ2) is 11.2. The first-order chi connectivity index (χ1) is 17.9. The minimum absolute atomic E-state index is 0.0423. The van der Waals surface area contributed by atoms with Gasteiger partial charge in [0.1, 0.15) is 11.8 Å². The number of piperidine rings is 1. The third-order valence-corrected chi connectivity index (χ3v) is 9.48. The number of hydrogen-bond donors (Lipinski definition) is 3. The van der Waals surface area contributed by atoms with Crippen molar-refractivity contribution in [1.82, 2.24) is 10.6 Å². The molecule has 7 nitrogen and oxygen atoms in total. The fraction of sp³-hybridized carbons (Fsp3) is 0.407. The number of alkyl halides is 1. The van der Waals surface area contributed by atoms with Crippen molar-refractivity contribution in [2.75, 3.05) is 13.1 Å². The molecule has 37 heavy (non-hydrogen) atoms. The molecule has 3 aromatic rings. The largest absolute Gasteiger partial charge is 0.480 e. The van der Waals surface area contributed by atoms with Gasteiger partial charge in [0.15, 0.2) is 12.0 Å². The average molecular weight is 542 g/mol. The maximum Gasteiger partial charge on any atom is 0.326 e. The third-order valence-electron chi connectivity index (χ3n) is 6.98. The van der Waals surface area contributed by atoms with E-state index in [-0.39, 0.29) is 29.9 Å². The van der Waals surface area contributed by atoms with Crippen LogP contribution in [0.3, 0.4) is 0 Å². The lowest BCUT2D eigenvalue weighted by molar-refractivity contribution is -0.141. The van der Waals surface area contributed by atoms with E-state index < -0.39 is 24.1 Å². The molecule has 10 heteroatoms. The summed E-state index contributed by atoms with van der Waals surface area (Å²) in [6.07, 6.45) is 2.85. The number of para-hydroxylation sites is 1. The van der Waals surface area contributed by atoms with E-state index in [2.05, 4.69) is 21.7 Å². The highest BCUT2D eigenvalue weighted by molar-refractivity contribution is 7.39. The molecule has 5 rings (SSSR count). The van der Waals surface area contributed by atoms with Crippen LogP contribution in [0.5, 0.6) is 0 Å². The number of aliphatic imine (C=N–C) groups is 1. The van der Waals surface area contributed by atoms with Gasteiger partial charge in [-0.3, -0.25) is 9.59 Å². The fourth-order valence-corrected chi connectivity index (χ4v) is 7.33. The van der Waals surface area contributed by atoms with Crippen LogP contribution in [0.4, 0.5) is 10.1 Å². The second-order valence-corrected chi connectivity index (χ2v) is 12.0. The van der Waals surface area contributed by atoms with Crippen LogP contribution in [0.15, 0.2) is 41.4 Å². The molecule has 0 saturated carbocycles. The van der Waals surface area contributed by atoms with Crippen LogP contribution in [0.25, 0.3) is 9.40 Å². The van der Waals surface area contributed by atoms with E-state index >= 15 is 0 Å². The van der Waals surface area contributed by atoms with Gasteiger partial charge in [0.05, 0.1) is 14.6 Å². The quantitative estimate of drug-likeness (QED) is 0.305. The van der Waals surface area contributed by atoms with Gasteiger partial charge in [-0.05, 0) is 69.3 Å². The normalized spacial score (nSPS) is 18.4. The van der Waals surface area contributed by atoms with Crippen LogP contribution in [-0.4, -0.2) is 47.6 Å². The molecule has 2 aliphatic rings. The monoisotopic (exact) mass is 541 g/mol. The first kappa shape index (κ1) is 25.7. The van der Waals surface area contributed by atoms with Crippen molar-refractivity contribution >= 4 is 61.1 Å². The number of hydrogen-bond acceptors (Lipinski definition) is 7. The van der Waals surface area contributed by atoms with Crippen LogP contribution < -0.4 is 10.6 Å². The molecule has 2 aromatic heterocycles. The SMILES string of the molecule is O=C(N[C@@H](CCC(=O)c1cc2cc(CCC3CCNCC3)sc2s1)C(=O)O)C1=Nc2ccccc2C1F. The Bertz CT molecular complexity index is 1330. The Hall–Kier alpha value is -2.95. The van der Waals surface area contributed by atoms with Crippen molar-refractivity contribution in [3.8, 4) is 0 Å². The predicted molar refractivity (Wildman–Crippen MR) is 144 cm³/mol.